The van der Waals surface area contributed by atoms with Crippen molar-refractivity contribution < 1.29 is 14.3 Å². The van der Waals surface area contributed by atoms with E-state index < -0.39 is 0 Å². The summed E-state index contributed by atoms with van der Waals surface area (Å²) in [7, 11) is 0. The SMILES string of the molecule is CCCOc1ccc(C(=O)N[C@@H]2CCOc3ccccc32)cc1. The van der Waals surface area contributed by atoms with E-state index >= 15 is 0 Å². The average Bonchev–Trinajstić information content (AvgIpc) is 2.60. The lowest BCUT2D eigenvalue weighted by atomic mass is 10.00. The van der Waals surface area contributed by atoms with Crippen molar-refractivity contribution in [2.24, 2.45) is 0 Å². The van der Waals surface area contributed by atoms with E-state index in [-0.39, 0.29) is 11.9 Å². The van der Waals surface area contributed by atoms with Crippen molar-refractivity contribution in [1.82, 2.24) is 5.32 Å². The van der Waals surface area contributed by atoms with E-state index in [1.54, 1.807) is 12.1 Å². The van der Waals surface area contributed by atoms with Gasteiger partial charge in [0.05, 0.1) is 19.3 Å². The molecular weight excluding hydrogens is 290 g/mol. The molecule has 120 valence electrons. The van der Waals surface area contributed by atoms with Gasteiger partial charge in [0.25, 0.3) is 5.91 Å². The van der Waals surface area contributed by atoms with Gasteiger partial charge in [0, 0.05) is 17.5 Å². The van der Waals surface area contributed by atoms with Crippen molar-refractivity contribution >= 4 is 5.91 Å². The molecule has 4 nitrogen and oxygen atoms in total. The van der Waals surface area contributed by atoms with Crippen LogP contribution in [0.15, 0.2) is 48.5 Å². The van der Waals surface area contributed by atoms with Gasteiger partial charge >= 0.3 is 0 Å². The number of carbonyl (C=O) groups excluding carboxylic acids is 1. The van der Waals surface area contributed by atoms with Crippen LogP contribution in [0.1, 0.15) is 41.7 Å². The Bertz CT molecular complexity index is 667. The summed E-state index contributed by atoms with van der Waals surface area (Å²) in [5, 5.41) is 3.09. The highest BCUT2D eigenvalue weighted by molar-refractivity contribution is 5.94. The van der Waals surface area contributed by atoms with Crippen LogP contribution in [0.5, 0.6) is 11.5 Å². The third kappa shape index (κ3) is 3.65. The molecule has 0 unspecified atom stereocenters. The fourth-order valence-electron chi connectivity index (χ4n) is 2.66. The number of hydrogen-bond donors (Lipinski definition) is 1. The first-order valence-corrected chi connectivity index (χ1v) is 8.03. The first kappa shape index (κ1) is 15.4. The van der Waals surface area contributed by atoms with Crippen LogP contribution < -0.4 is 14.8 Å². The van der Waals surface area contributed by atoms with Crippen molar-refractivity contribution in [3.8, 4) is 11.5 Å². The van der Waals surface area contributed by atoms with Crippen LogP contribution >= 0.6 is 0 Å². The lowest BCUT2D eigenvalue weighted by Gasteiger charge is -2.26. The van der Waals surface area contributed by atoms with Gasteiger partial charge in [0.2, 0.25) is 0 Å². The van der Waals surface area contributed by atoms with E-state index in [4.69, 9.17) is 9.47 Å². The third-order valence-corrected chi connectivity index (χ3v) is 3.85. The fraction of sp³-hybridized carbons (Fsp3) is 0.316. The lowest BCUT2D eigenvalue weighted by molar-refractivity contribution is 0.0925. The predicted molar refractivity (Wildman–Crippen MR) is 89.0 cm³/mol. The first-order valence-electron chi connectivity index (χ1n) is 8.03. The number of para-hydroxylation sites is 1. The predicted octanol–water partition coefficient (Wildman–Crippen LogP) is 3.73. The minimum atomic E-state index is -0.0752. The molecule has 4 heteroatoms. The van der Waals surface area contributed by atoms with Crippen LogP contribution in [0.2, 0.25) is 0 Å². The van der Waals surface area contributed by atoms with Crippen molar-refractivity contribution in [2.45, 2.75) is 25.8 Å². The summed E-state index contributed by atoms with van der Waals surface area (Å²) in [6.07, 6.45) is 1.74. The summed E-state index contributed by atoms with van der Waals surface area (Å²) in [6.45, 7) is 3.36. The largest absolute Gasteiger partial charge is 0.494 e. The molecule has 1 aliphatic rings. The first-order chi connectivity index (χ1) is 11.3. The van der Waals surface area contributed by atoms with Gasteiger partial charge in [-0.05, 0) is 36.8 Å². The molecule has 1 atom stereocenters. The van der Waals surface area contributed by atoms with Crippen molar-refractivity contribution in [3.05, 3.63) is 59.7 Å². The maximum atomic E-state index is 12.5. The molecule has 0 fully saturated rings. The molecule has 2 aromatic rings. The van der Waals surface area contributed by atoms with E-state index in [2.05, 4.69) is 12.2 Å². The van der Waals surface area contributed by atoms with E-state index in [0.29, 0.717) is 18.8 Å². The number of benzene rings is 2. The standard InChI is InChI=1S/C19H21NO3/c1-2-12-22-15-9-7-14(8-10-15)19(21)20-17-11-13-23-18-6-4-3-5-16(17)18/h3-10,17H,2,11-13H2,1H3,(H,20,21)/t17-/m1/s1. The summed E-state index contributed by atoms with van der Waals surface area (Å²) < 4.78 is 11.2. The van der Waals surface area contributed by atoms with Crippen molar-refractivity contribution in [2.75, 3.05) is 13.2 Å². The average molecular weight is 311 g/mol. The molecule has 1 aliphatic heterocycles. The Kier molecular flexibility index (Phi) is 4.81. The van der Waals surface area contributed by atoms with E-state index in [9.17, 15) is 4.79 Å². The fourth-order valence-corrected chi connectivity index (χ4v) is 2.66. The van der Waals surface area contributed by atoms with Gasteiger partial charge in [-0.2, -0.15) is 0 Å². The highest BCUT2D eigenvalue weighted by atomic mass is 16.5. The zero-order valence-electron chi connectivity index (χ0n) is 13.2. The van der Waals surface area contributed by atoms with Gasteiger partial charge in [-0.3, -0.25) is 4.79 Å². The van der Waals surface area contributed by atoms with E-state index in [1.165, 1.54) is 0 Å². The molecular formula is C19H21NO3. The monoisotopic (exact) mass is 311 g/mol. The van der Waals surface area contributed by atoms with E-state index in [1.807, 2.05) is 36.4 Å². The number of amides is 1. The zero-order valence-corrected chi connectivity index (χ0v) is 13.2. The molecule has 1 heterocycles. The highest BCUT2D eigenvalue weighted by Gasteiger charge is 2.22. The molecule has 3 rings (SSSR count). The van der Waals surface area contributed by atoms with E-state index in [0.717, 1.165) is 29.9 Å². The summed E-state index contributed by atoms with van der Waals surface area (Å²) in [4.78, 5) is 12.5. The second-order valence-electron chi connectivity index (χ2n) is 5.57. The maximum absolute atomic E-state index is 12.5. The Morgan fingerprint density at radius 2 is 2.00 bits per heavy atom. The zero-order chi connectivity index (χ0) is 16.1. The highest BCUT2D eigenvalue weighted by Crippen LogP contribution is 2.31. The maximum Gasteiger partial charge on any atom is 0.251 e. The number of fused-ring (bicyclic) bond motifs is 1. The third-order valence-electron chi connectivity index (χ3n) is 3.85. The number of carbonyl (C=O) groups is 1. The van der Waals surface area contributed by atoms with Crippen LogP contribution in [-0.4, -0.2) is 19.1 Å². The van der Waals surface area contributed by atoms with Crippen molar-refractivity contribution in [1.29, 1.82) is 0 Å². The number of nitrogens with one attached hydrogen (secondary N) is 1. The smallest absolute Gasteiger partial charge is 0.251 e. The minimum absolute atomic E-state index is 0.0107. The molecule has 0 aromatic heterocycles. The molecule has 0 aliphatic carbocycles. The Labute approximate surface area is 136 Å². The second-order valence-corrected chi connectivity index (χ2v) is 5.57. The van der Waals surface area contributed by atoms with Gasteiger partial charge in [0.15, 0.2) is 0 Å². The minimum Gasteiger partial charge on any atom is -0.494 e. The molecule has 1 amide bonds. The molecule has 2 aromatic carbocycles. The quantitative estimate of drug-likeness (QED) is 0.915. The summed E-state index contributed by atoms with van der Waals surface area (Å²) in [6, 6.07) is 15.1. The number of ether oxygens (including phenoxy) is 2. The van der Waals surface area contributed by atoms with Crippen LogP contribution in [-0.2, 0) is 0 Å². The molecule has 23 heavy (non-hydrogen) atoms. The molecule has 0 saturated carbocycles. The Morgan fingerprint density at radius 3 is 2.78 bits per heavy atom. The van der Waals surface area contributed by atoms with Crippen LogP contribution in [0.3, 0.4) is 0 Å². The Morgan fingerprint density at radius 1 is 1.22 bits per heavy atom. The number of rotatable bonds is 5. The van der Waals surface area contributed by atoms with Gasteiger partial charge in [-0.1, -0.05) is 25.1 Å². The van der Waals surface area contributed by atoms with Crippen molar-refractivity contribution in [3.63, 3.8) is 0 Å². The summed E-state index contributed by atoms with van der Waals surface area (Å²) >= 11 is 0. The van der Waals surface area contributed by atoms with Crippen LogP contribution in [0.25, 0.3) is 0 Å². The van der Waals surface area contributed by atoms with Crippen LogP contribution in [0.4, 0.5) is 0 Å². The molecule has 0 radical (unpaired) electrons. The van der Waals surface area contributed by atoms with Crippen LogP contribution in [0, 0.1) is 0 Å². The lowest BCUT2D eigenvalue weighted by Crippen LogP contribution is -2.32. The Hall–Kier alpha value is -2.49. The molecule has 1 N–H and O–H groups in total. The summed E-state index contributed by atoms with van der Waals surface area (Å²) in [5.74, 6) is 1.57. The topological polar surface area (TPSA) is 47.6 Å². The van der Waals surface area contributed by atoms with Gasteiger partial charge in [0.1, 0.15) is 11.5 Å². The normalized spacial score (nSPS) is 16.1. The van der Waals surface area contributed by atoms with Gasteiger partial charge in [-0.25, -0.2) is 0 Å². The summed E-state index contributed by atoms with van der Waals surface area (Å²) in [5.41, 5.74) is 1.67. The molecule has 0 spiro atoms. The van der Waals surface area contributed by atoms with Gasteiger partial charge < -0.3 is 14.8 Å². The number of hydrogen-bond acceptors (Lipinski definition) is 3. The Balaban J connectivity index is 1.68. The van der Waals surface area contributed by atoms with Gasteiger partial charge in [-0.15, -0.1) is 0 Å². The second kappa shape index (κ2) is 7.18. The molecule has 0 saturated heterocycles. The molecule has 0 bridgehead atoms.